The summed E-state index contributed by atoms with van der Waals surface area (Å²) in [5.74, 6) is 1.31. The molecule has 1 N–H and O–H groups in total. The third kappa shape index (κ3) is 4.52. The van der Waals surface area contributed by atoms with Crippen LogP contribution < -0.4 is 14.2 Å². The molecule has 5 nitrogen and oxygen atoms in total. The molecular formula is C19H25NO4S. The SMILES string of the molecule is COc1cc(C)c(CCNS(=O)(=O)c2cc(C)ccc2C)cc1OC. The number of benzene rings is 2. The van der Waals surface area contributed by atoms with Crippen LogP contribution in [0.15, 0.2) is 35.2 Å². The van der Waals surface area contributed by atoms with E-state index in [0.717, 1.165) is 22.3 Å². The molecule has 2 aromatic rings. The van der Waals surface area contributed by atoms with E-state index in [1.54, 1.807) is 27.2 Å². The van der Waals surface area contributed by atoms with E-state index in [-0.39, 0.29) is 0 Å². The number of aryl methyl sites for hydroxylation is 3. The van der Waals surface area contributed by atoms with Crippen LogP contribution in [0.4, 0.5) is 0 Å². The number of hydrogen-bond donors (Lipinski definition) is 1. The second kappa shape index (κ2) is 7.89. The van der Waals surface area contributed by atoms with Gasteiger partial charge in [0, 0.05) is 6.54 Å². The second-order valence-electron chi connectivity index (χ2n) is 6.05. The molecule has 0 amide bonds. The van der Waals surface area contributed by atoms with Gasteiger partial charge in [-0.25, -0.2) is 13.1 Å². The zero-order chi connectivity index (χ0) is 18.6. The molecule has 0 saturated heterocycles. The van der Waals surface area contributed by atoms with Gasteiger partial charge in [0.2, 0.25) is 10.0 Å². The van der Waals surface area contributed by atoms with Gasteiger partial charge in [0.25, 0.3) is 0 Å². The molecule has 0 spiro atoms. The molecule has 0 heterocycles. The minimum Gasteiger partial charge on any atom is -0.493 e. The van der Waals surface area contributed by atoms with E-state index in [0.29, 0.717) is 29.4 Å². The van der Waals surface area contributed by atoms with Gasteiger partial charge in [-0.2, -0.15) is 0 Å². The molecular weight excluding hydrogens is 338 g/mol. The van der Waals surface area contributed by atoms with E-state index in [4.69, 9.17) is 9.47 Å². The Labute approximate surface area is 150 Å². The average Bonchev–Trinajstić information content (AvgIpc) is 2.57. The van der Waals surface area contributed by atoms with Crippen molar-refractivity contribution in [3.63, 3.8) is 0 Å². The molecule has 0 radical (unpaired) electrons. The summed E-state index contributed by atoms with van der Waals surface area (Å²) in [5.41, 5.74) is 3.70. The average molecular weight is 363 g/mol. The van der Waals surface area contributed by atoms with Gasteiger partial charge in [0.15, 0.2) is 11.5 Å². The lowest BCUT2D eigenvalue weighted by Crippen LogP contribution is -2.26. The standard InChI is InChI=1S/C19H25NO4S/c1-13-6-7-14(2)19(10-13)25(21,22)20-9-8-16-12-18(24-5)17(23-4)11-15(16)3/h6-7,10-12,20H,8-9H2,1-5H3. The normalized spacial score (nSPS) is 11.4. The van der Waals surface area contributed by atoms with E-state index >= 15 is 0 Å². The van der Waals surface area contributed by atoms with Crippen LogP contribution >= 0.6 is 0 Å². The molecule has 0 aliphatic carbocycles. The number of methoxy groups -OCH3 is 2. The van der Waals surface area contributed by atoms with Crippen molar-refractivity contribution in [2.45, 2.75) is 32.1 Å². The van der Waals surface area contributed by atoms with Gasteiger partial charge < -0.3 is 9.47 Å². The van der Waals surface area contributed by atoms with Gasteiger partial charge >= 0.3 is 0 Å². The maximum absolute atomic E-state index is 12.5. The van der Waals surface area contributed by atoms with Crippen LogP contribution in [-0.2, 0) is 16.4 Å². The third-order valence-electron chi connectivity index (χ3n) is 4.16. The second-order valence-corrected chi connectivity index (χ2v) is 7.79. The summed E-state index contributed by atoms with van der Waals surface area (Å²) in [6, 6.07) is 9.21. The molecule has 0 aliphatic rings. The molecule has 2 rings (SSSR count). The molecule has 25 heavy (non-hydrogen) atoms. The van der Waals surface area contributed by atoms with Gasteiger partial charge in [-0.3, -0.25) is 0 Å². The van der Waals surface area contributed by atoms with Crippen LogP contribution in [0.25, 0.3) is 0 Å². The summed E-state index contributed by atoms with van der Waals surface area (Å²) in [6.45, 7) is 5.96. The van der Waals surface area contributed by atoms with E-state index < -0.39 is 10.0 Å². The fraction of sp³-hybridized carbons (Fsp3) is 0.368. The third-order valence-corrected chi connectivity index (χ3v) is 5.76. The van der Waals surface area contributed by atoms with Crippen molar-refractivity contribution < 1.29 is 17.9 Å². The molecule has 6 heteroatoms. The van der Waals surface area contributed by atoms with Crippen molar-refractivity contribution in [2.24, 2.45) is 0 Å². The van der Waals surface area contributed by atoms with Crippen LogP contribution in [0.3, 0.4) is 0 Å². The van der Waals surface area contributed by atoms with Gasteiger partial charge in [-0.15, -0.1) is 0 Å². The highest BCUT2D eigenvalue weighted by atomic mass is 32.2. The maximum Gasteiger partial charge on any atom is 0.240 e. The quantitative estimate of drug-likeness (QED) is 0.821. The summed E-state index contributed by atoms with van der Waals surface area (Å²) in [7, 11) is -0.355. The molecule has 136 valence electrons. The molecule has 0 bridgehead atoms. The number of sulfonamides is 1. The Kier molecular flexibility index (Phi) is 6.08. The summed E-state index contributed by atoms with van der Waals surface area (Å²) in [4.78, 5) is 0.330. The first-order valence-corrected chi connectivity index (χ1v) is 9.55. The molecule has 0 aliphatic heterocycles. The zero-order valence-electron chi connectivity index (χ0n) is 15.3. The molecule has 0 atom stereocenters. The Hall–Kier alpha value is -2.05. The van der Waals surface area contributed by atoms with Crippen molar-refractivity contribution in [1.82, 2.24) is 4.72 Å². The van der Waals surface area contributed by atoms with E-state index in [2.05, 4.69) is 4.72 Å². The monoisotopic (exact) mass is 363 g/mol. The number of ether oxygens (including phenoxy) is 2. The van der Waals surface area contributed by atoms with Crippen LogP contribution in [-0.4, -0.2) is 29.2 Å². The fourth-order valence-electron chi connectivity index (χ4n) is 2.69. The highest BCUT2D eigenvalue weighted by molar-refractivity contribution is 7.89. The first kappa shape index (κ1) is 19.3. The highest BCUT2D eigenvalue weighted by Gasteiger charge is 2.17. The molecule has 2 aromatic carbocycles. The molecule has 0 unspecified atom stereocenters. The van der Waals surface area contributed by atoms with Crippen molar-refractivity contribution >= 4 is 10.0 Å². The lowest BCUT2D eigenvalue weighted by molar-refractivity contribution is 0.354. The van der Waals surface area contributed by atoms with Crippen molar-refractivity contribution in [3.8, 4) is 11.5 Å². The van der Waals surface area contributed by atoms with Crippen LogP contribution in [0, 0.1) is 20.8 Å². The van der Waals surface area contributed by atoms with Crippen molar-refractivity contribution in [2.75, 3.05) is 20.8 Å². The summed E-state index contributed by atoms with van der Waals surface area (Å²) >= 11 is 0. The minimum atomic E-state index is -3.53. The smallest absolute Gasteiger partial charge is 0.240 e. The predicted octanol–water partition coefficient (Wildman–Crippen LogP) is 3.15. The maximum atomic E-state index is 12.5. The van der Waals surface area contributed by atoms with Gasteiger partial charge in [-0.1, -0.05) is 12.1 Å². The van der Waals surface area contributed by atoms with Crippen LogP contribution in [0.1, 0.15) is 22.3 Å². The van der Waals surface area contributed by atoms with Gasteiger partial charge in [-0.05, 0) is 67.6 Å². The van der Waals surface area contributed by atoms with E-state index in [1.807, 2.05) is 38.1 Å². The number of nitrogens with one attached hydrogen (secondary N) is 1. The Morgan fingerprint density at radius 1 is 0.920 bits per heavy atom. The van der Waals surface area contributed by atoms with E-state index in [1.165, 1.54) is 0 Å². The summed E-state index contributed by atoms with van der Waals surface area (Å²) in [5, 5.41) is 0. The van der Waals surface area contributed by atoms with Gasteiger partial charge in [0.05, 0.1) is 19.1 Å². The predicted molar refractivity (Wildman–Crippen MR) is 99.1 cm³/mol. The van der Waals surface area contributed by atoms with Gasteiger partial charge in [0.1, 0.15) is 0 Å². The lowest BCUT2D eigenvalue weighted by Gasteiger charge is -2.14. The van der Waals surface area contributed by atoms with Crippen molar-refractivity contribution in [1.29, 1.82) is 0 Å². The first-order valence-electron chi connectivity index (χ1n) is 8.07. The Morgan fingerprint density at radius 2 is 1.56 bits per heavy atom. The molecule has 0 saturated carbocycles. The zero-order valence-corrected chi connectivity index (χ0v) is 16.2. The largest absolute Gasteiger partial charge is 0.493 e. The highest BCUT2D eigenvalue weighted by Crippen LogP contribution is 2.30. The Morgan fingerprint density at radius 3 is 2.20 bits per heavy atom. The van der Waals surface area contributed by atoms with Crippen LogP contribution in [0.5, 0.6) is 11.5 Å². The molecule has 0 aromatic heterocycles. The van der Waals surface area contributed by atoms with E-state index in [9.17, 15) is 8.42 Å². The van der Waals surface area contributed by atoms with Crippen LogP contribution in [0.2, 0.25) is 0 Å². The first-order chi connectivity index (χ1) is 11.8. The van der Waals surface area contributed by atoms with Crippen molar-refractivity contribution in [3.05, 3.63) is 52.6 Å². The Bertz CT molecular complexity index is 860. The molecule has 0 fully saturated rings. The lowest BCUT2D eigenvalue weighted by atomic mass is 10.0. The topological polar surface area (TPSA) is 64.6 Å². The Balaban J connectivity index is 2.13. The number of hydrogen-bond acceptors (Lipinski definition) is 4. The minimum absolute atomic E-state index is 0.312. The summed E-state index contributed by atoms with van der Waals surface area (Å²) in [6.07, 6.45) is 0.566. The summed E-state index contributed by atoms with van der Waals surface area (Å²) < 4.78 is 38.4. The fourth-order valence-corrected chi connectivity index (χ4v) is 4.05. The number of rotatable bonds is 7.